The molecule has 0 aliphatic rings. The maximum Gasteiger partial charge on any atom is 0.159 e. The minimum Gasteiger partial charge on any atom is -0.497 e. The lowest BCUT2D eigenvalue weighted by molar-refractivity contribution is 0.100. The van der Waals surface area contributed by atoms with E-state index >= 15 is 0 Å². The first-order valence-corrected chi connectivity index (χ1v) is 11.6. The number of ether oxygens (including phenoxy) is 3. The van der Waals surface area contributed by atoms with Gasteiger partial charge in [0.1, 0.15) is 17.2 Å². The first kappa shape index (κ1) is 28.8. The van der Waals surface area contributed by atoms with Crippen LogP contribution in [0.4, 0.5) is 0 Å². The summed E-state index contributed by atoms with van der Waals surface area (Å²) in [6, 6.07) is 25.6. The highest BCUT2D eigenvalue weighted by Crippen LogP contribution is 2.22. The summed E-state index contributed by atoms with van der Waals surface area (Å²) in [6.45, 7) is 4.58. The number of fused-ring (bicyclic) bond motifs is 1. The summed E-state index contributed by atoms with van der Waals surface area (Å²) in [4.78, 5) is 32.9. The zero-order valence-corrected chi connectivity index (χ0v) is 22.0. The minimum atomic E-state index is 0.0186. The van der Waals surface area contributed by atoms with Crippen LogP contribution in [0.25, 0.3) is 10.8 Å². The Kier molecular flexibility index (Phi) is 11.0. The number of benzene rings is 4. The highest BCUT2D eigenvalue weighted by molar-refractivity contribution is 5.99. The van der Waals surface area contributed by atoms with Crippen LogP contribution in [0.2, 0.25) is 0 Å². The van der Waals surface area contributed by atoms with Gasteiger partial charge in [-0.25, -0.2) is 0 Å². The fraction of sp³-hybridized carbons (Fsp3) is 0.194. The fourth-order valence-corrected chi connectivity index (χ4v) is 3.22. The molecule has 0 fully saturated rings. The second-order valence-electron chi connectivity index (χ2n) is 8.05. The highest BCUT2D eigenvalue weighted by Gasteiger charge is 2.02. The Morgan fingerprint density at radius 3 is 1.14 bits per heavy atom. The Morgan fingerprint density at radius 1 is 0.432 bits per heavy atom. The summed E-state index contributed by atoms with van der Waals surface area (Å²) in [7, 11) is 4.93. The lowest BCUT2D eigenvalue weighted by Crippen LogP contribution is -1.95. The summed E-state index contributed by atoms with van der Waals surface area (Å²) in [5.74, 6) is 2.66. The Balaban J connectivity index is 0.000000200. The van der Waals surface area contributed by atoms with Gasteiger partial charge in [0.05, 0.1) is 21.3 Å². The molecule has 4 aromatic carbocycles. The van der Waals surface area contributed by atoms with Crippen molar-refractivity contribution in [3.05, 3.63) is 102 Å². The van der Waals surface area contributed by atoms with E-state index in [1.165, 1.54) is 13.8 Å². The van der Waals surface area contributed by atoms with Gasteiger partial charge in [-0.2, -0.15) is 0 Å². The average molecular weight is 501 g/mol. The molecule has 6 nitrogen and oxygen atoms in total. The van der Waals surface area contributed by atoms with Crippen LogP contribution in [-0.4, -0.2) is 38.7 Å². The molecule has 0 aliphatic heterocycles. The molecule has 0 unspecified atom stereocenters. The van der Waals surface area contributed by atoms with Crippen molar-refractivity contribution in [2.45, 2.75) is 20.8 Å². The van der Waals surface area contributed by atoms with E-state index in [1.807, 2.05) is 60.7 Å². The fourth-order valence-electron chi connectivity index (χ4n) is 3.22. The molecule has 0 bridgehead atoms. The van der Waals surface area contributed by atoms with Crippen molar-refractivity contribution in [3.8, 4) is 17.2 Å². The third kappa shape index (κ3) is 8.93. The van der Waals surface area contributed by atoms with Crippen LogP contribution >= 0.6 is 0 Å². The number of carbonyl (C=O) groups is 3. The molecule has 37 heavy (non-hydrogen) atoms. The zero-order chi connectivity index (χ0) is 27.4. The molecule has 0 aromatic heterocycles. The number of methoxy groups -OCH3 is 3. The number of carbonyl (C=O) groups excluding carboxylic acids is 3. The Labute approximate surface area is 217 Å². The van der Waals surface area contributed by atoms with Crippen LogP contribution in [0, 0.1) is 0 Å². The lowest BCUT2D eigenvalue weighted by atomic mass is 10.0. The summed E-state index contributed by atoms with van der Waals surface area (Å²) < 4.78 is 15.0. The van der Waals surface area contributed by atoms with Crippen LogP contribution in [0.15, 0.2) is 84.9 Å². The number of hydrogen-bond acceptors (Lipinski definition) is 6. The van der Waals surface area contributed by atoms with Crippen LogP contribution in [-0.2, 0) is 0 Å². The Hall–Kier alpha value is -4.45. The second kappa shape index (κ2) is 14.2. The molecule has 192 valence electrons. The minimum absolute atomic E-state index is 0.0186. The largest absolute Gasteiger partial charge is 0.497 e. The maximum atomic E-state index is 11.2. The molecular weight excluding hydrogens is 468 g/mol. The monoisotopic (exact) mass is 500 g/mol. The molecule has 0 radical (unpaired) electrons. The standard InChI is InChI=1S/C13H12O2.C10H10O2.C8H10O2/c1-9(14)10-3-4-12-8-13(15-2)6-5-11(12)7-10;1-7(11)9-3-5-10(6-4-9)8(2)12;1-9-7-3-5-8(10-2)6-4-7/h3-8H,1-2H3;3-6H,1-2H3;3-6H,1-2H3. The molecule has 0 saturated carbocycles. The van der Waals surface area contributed by atoms with Crippen molar-refractivity contribution in [2.75, 3.05) is 21.3 Å². The molecule has 0 spiro atoms. The molecule has 0 aliphatic carbocycles. The quantitative estimate of drug-likeness (QED) is 0.270. The van der Waals surface area contributed by atoms with Gasteiger partial charge >= 0.3 is 0 Å². The van der Waals surface area contributed by atoms with Gasteiger partial charge in [-0.3, -0.25) is 14.4 Å². The van der Waals surface area contributed by atoms with Gasteiger partial charge < -0.3 is 14.2 Å². The van der Waals surface area contributed by atoms with Gasteiger partial charge in [0.25, 0.3) is 0 Å². The number of rotatable bonds is 6. The van der Waals surface area contributed by atoms with Crippen molar-refractivity contribution in [2.24, 2.45) is 0 Å². The van der Waals surface area contributed by atoms with E-state index in [2.05, 4.69) is 0 Å². The molecule has 0 amide bonds. The molecular formula is C31H32O6. The summed E-state index contributed by atoms with van der Waals surface area (Å²) in [5.41, 5.74) is 2.02. The topological polar surface area (TPSA) is 78.9 Å². The number of ketones is 3. The van der Waals surface area contributed by atoms with Crippen LogP contribution in [0.1, 0.15) is 51.8 Å². The lowest BCUT2D eigenvalue weighted by Gasteiger charge is -2.03. The number of Topliss-reactive ketones (excluding diaryl/α,β-unsaturated/α-hetero) is 3. The van der Waals surface area contributed by atoms with Gasteiger partial charge in [-0.15, -0.1) is 0 Å². The molecule has 4 aromatic rings. The van der Waals surface area contributed by atoms with E-state index in [0.29, 0.717) is 11.1 Å². The molecule has 0 N–H and O–H groups in total. The molecule has 0 atom stereocenters. The van der Waals surface area contributed by atoms with Crippen LogP contribution in [0.3, 0.4) is 0 Å². The highest BCUT2D eigenvalue weighted by atomic mass is 16.5. The van der Waals surface area contributed by atoms with Crippen molar-refractivity contribution in [3.63, 3.8) is 0 Å². The van der Waals surface area contributed by atoms with Crippen molar-refractivity contribution < 1.29 is 28.6 Å². The SMILES string of the molecule is CC(=O)c1ccc(C(C)=O)cc1.COc1ccc(OC)cc1.COc1ccc2cc(C(C)=O)ccc2c1. The number of hydrogen-bond donors (Lipinski definition) is 0. The predicted octanol–water partition coefficient (Wildman–Crippen LogP) is 6.85. The van der Waals surface area contributed by atoms with Gasteiger partial charge in [-0.05, 0) is 74.0 Å². The van der Waals surface area contributed by atoms with E-state index in [0.717, 1.165) is 33.6 Å². The smallest absolute Gasteiger partial charge is 0.159 e. The van der Waals surface area contributed by atoms with Gasteiger partial charge in [-0.1, -0.05) is 42.5 Å². The van der Waals surface area contributed by atoms with Crippen molar-refractivity contribution in [1.29, 1.82) is 0 Å². The molecule has 0 heterocycles. The third-order valence-corrected chi connectivity index (χ3v) is 5.45. The van der Waals surface area contributed by atoms with E-state index in [9.17, 15) is 14.4 Å². The first-order chi connectivity index (χ1) is 17.7. The van der Waals surface area contributed by atoms with Gasteiger partial charge in [0.15, 0.2) is 17.3 Å². The van der Waals surface area contributed by atoms with Crippen LogP contribution in [0.5, 0.6) is 17.2 Å². The average Bonchev–Trinajstić information content (AvgIpc) is 2.93. The predicted molar refractivity (Wildman–Crippen MR) is 147 cm³/mol. The van der Waals surface area contributed by atoms with Gasteiger partial charge in [0.2, 0.25) is 0 Å². The van der Waals surface area contributed by atoms with E-state index in [4.69, 9.17) is 14.2 Å². The van der Waals surface area contributed by atoms with E-state index < -0.39 is 0 Å². The summed E-state index contributed by atoms with van der Waals surface area (Å²) in [6.07, 6.45) is 0. The zero-order valence-electron chi connectivity index (χ0n) is 22.0. The Morgan fingerprint density at radius 2 is 0.757 bits per heavy atom. The van der Waals surface area contributed by atoms with Crippen molar-refractivity contribution in [1.82, 2.24) is 0 Å². The molecule has 0 saturated heterocycles. The third-order valence-electron chi connectivity index (χ3n) is 5.45. The summed E-state index contributed by atoms with van der Waals surface area (Å²) in [5, 5.41) is 2.14. The summed E-state index contributed by atoms with van der Waals surface area (Å²) >= 11 is 0. The maximum absolute atomic E-state index is 11.2. The molecule has 6 heteroatoms. The first-order valence-electron chi connectivity index (χ1n) is 11.6. The van der Waals surface area contributed by atoms with Crippen LogP contribution < -0.4 is 14.2 Å². The normalized spacial score (nSPS) is 9.68. The Bertz CT molecular complexity index is 1280. The van der Waals surface area contributed by atoms with E-state index in [1.54, 1.807) is 52.5 Å². The van der Waals surface area contributed by atoms with Crippen molar-refractivity contribution >= 4 is 28.1 Å². The second-order valence-corrected chi connectivity index (χ2v) is 8.05. The molecule has 4 rings (SSSR count). The van der Waals surface area contributed by atoms with E-state index in [-0.39, 0.29) is 17.3 Å². The van der Waals surface area contributed by atoms with Gasteiger partial charge in [0, 0.05) is 16.7 Å².